The molecule has 2 N–H and O–H groups in total. The summed E-state index contributed by atoms with van der Waals surface area (Å²) >= 11 is 6.03. The second-order valence-electron chi connectivity index (χ2n) is 6.07. The molecule has 3 nitrogen and oxygen atoms in total. The van der Waals surface area contributed by atoms with Crippen molar-refractivity contribution in [1.82, 2.24) is 0 Å². The first-order valence-corrected chi connectivity index (χ1v) is 8.02. The molecule has 0 bridgehead atoms. The maximum Gasteiger partial charge on any atom is 0.257 e. The predicted octanol–water partition coefficient (Wildman–Crippen LogP) is 5.18. The van der Waals surface area contributed by atoms with E-state index >= 15 is 0 Å². The summed E-state index contributed by atoms with van der Waals surface area (Å²) < 4.78 is 0. The van der Waals surface area contributed by atoms with Crippen LogP contribution in [-0.4, -0.2) is 5.91 Å². The van der Waals surface area contributed by atoms with Crippen LogP contribution in [-0.2, 0) is 4.79 Å². The quantitative estimate of drug-likeness (QED) is 0.763. The fraction of sp³-hybridized carbons (Fsp3) is 0.211. The van der Waals surface area contributed by atoms with Crippen molar-refractivity contribution >= 4 is 34.5 Å². The molecule has 0 aromatic heterocycles. The van der Waals surface area contributed by atoms with Crippen molar-refractivity contribution in [3.63, 3.8) is 0 Å². The highest BCUT2D eigenvalue weighted by Gasteiger charge is 2.24. The number of aryl methyl sites for hydroxylation is 1. The van der Waals surface area contributed by atoms with E-state index in [4.69, 9.17) is 11.6 Å². The summed E-state index contributed by atoms with van der Waals surface area (Å²) in [4.78, 5) is 12.1. The zero-order valence-corrected chi connectivity index (χ0v) is 14.2. The van der Waals surface area contributed by atoms with Gasteiger partial charge in [-0.05, 0) is 54.3 Å². The average molecular weight is 327 g/mol. The molecule has 1 heterocycles. The molecule has 1 amide bonds. The molecule has 0 saturated carbocycles. The number of fused-ring (bicyclic) bond motifs is 1. The second-order valence-corrected chi connectivity index (χ2v) is 6.51. The Labute approximate surface area is 141 Å². The van der Waals surface area contributed by atoms with Gasteiger partial charge in [-0.2, -0.15) is 0 Å². The molecular formula is C19H19ClN2O. The molecule has 118 valence electrons. The number of hydrogen-bond donors (Lipinski definition) is 2. The molecule has 0 aliphatic carbocycles. The highest BCUT2D eigenvalue weighted by Crippen LogP contribution is 2.33. The Morgan fingerprint density at radius 1 is 1.17 bits per heavy atom. The van der Waals surface area contributed by atoms with Gasteiger partial charge in [0.05, 0.1) is 5.57 Å². The molecule has 0 atom stereocenters. The lowest BCUT2D eigenvalue weighted by Gasteiger charge is -2.11. The molecule has 2 aromatic rings. The van der Waals surface area contributed by atoms with Crippen LogP contribution in [0, 0.1) is 6.92 Å². The molecule has 4 heteroatoms. The lowest BCUT2D eigenvalue weighted by atomic mass is 9.98. The maximum absolute atomic E-state index is 12.1. The fourth-order valence-corrected chi connectivity index (χ4v) is 3.04. The Morgan fingerprint density at radius 2 is 1.96 bits per heavy atom. The van der Waals surface area contributed by atoms with Crippen molar-refractivity contribution in [2.75, 3.05) is 10.6 Å². The third kappa shape index (κ3) is 3.10. The molecule has 0 fully saturated rings. The number of anilines is 2. The highest BCUT2D eigenvalue weighted by atomic mass is 35.5. The van der Waals surface area contributed by atoms with Gasteiger partial charge in [-0.1, -0.05) is 31.5 Å². The van der Waals surface area contributed by atoms with Gasteiger partial charge in [0.2, 0.25) is 0 Å². The summed E-state index contributed by atoms with van der Waals surface area (Å²) in [5, 5.41) is 6.67. The summed E-state index contributed by atoms with van der Waals surface area (Å²) in [6.07, 6.45) is 1.74. The van der Waals surface area contributed by atoms with Crippen LogP contribution < -0.4 is 10.6 Å². The van der Waals surface area contributed by atoms with E-state index in [2.05, 4.69) is 43.5 Å². The van der Waals surface area contributed by atoms with Crippen LogP contribution >= 0.6 is 11.6 Å². The van der Waals surface area contributed by atoms with Gasteiger partial charge in [0.15, 0.2) is 0 Å². The van der Waals surface area contributed by atoms with Crippen LogP contribution in [0.3, 0.4) is 0 Å². The zero-order valence-electron chi connectivity index (χ0n) is 13.4. The number of rotatable bonds is 3. The molecule has 1 aliphatic rings. The number of nitrogens with one attached hydrogen (secondary N) is 2. The van der Waals surface area contributed by atoms with Crippen molar-refractivity contribution in [2.24, 2.45) is 0 Å². The average Bonchev–Trinajstić information content (AvgIpc) is 2.79. The Bertz CT molecular complexity index is 809. The van der Waals surface area contributed by atoms with Crippen molar-refractivity contribution in [2.45, 2.75) is 26.7 Å². The molecule has 0 unspecified atom stereocenters. The van der Waals surface area contributed by atoms with E-state index < -0.39 is 0 Å². The number of halogens is 1. The highest BCUT2D eigenvalue weighted by molar-refractivity contribution is 6.34. The standard InChI is InChI=1S/C19H19ClN2O/c1-11(2)15-6-5-14(8-12(15)3)21-10-17-16-9-13(20)4-7-18(16)22-19(17)23/h4-11,21H,1-3H3,(H,22,23). The minimum absolute atomic E-state index is 0.120. The monoisotopic (exact) mass is 326 g/mol. The normalized spacial score (nSPS) is 15.0. The minimum atomic E-state index is -0.120. The fourth-order valence-electron chi connectivity index (χ4n) is 2.87. The smallest absolute Gasteiger partial charge is 0.257 e. The third-order valence-corrected chi connectivity index (χ3v) is 4.27. The zero-order chi connectivity index (χ0) is 16.6. The van der Waals surface area contributed by atoms with E-state index in [1.807, 2.05) is 12.1 Å². The Hall–Kier alpha value is -2.26. The van der Waals surface area contributed by atoms with Crippen molar-refractivity contribution in [1.29, 1.82) is 0 Å². The summed E-state index contributed by atoms with van der Waals surface area (Å²) in [7, 11) is 0. The first kappa shape index (κ1) is 15.6. The van der Waals surface area contributed by atoms with Gasteiger partial charge < -0.3 is 10.6 Å². The number of carbonyl (C=O) groups is 1. The molecule has 2 aromatic carbocycles. The Kier molecular flexibility index (Phi) is 4.14. The molecule has 0 radical (unpaired) electrons. The minimum Gasteiger partial charge on any atom is -0.361 e. The molecule has 0 saturated heterocycles. The summed E-state index contributed by atoms with van der Waals surface area (Å²) in [5.74, 6) is 0.377. The van der Waals surface area contributed by atoms with E-state index in [1.54, 1.807) is 18.3 Å². The van der Waals surface area contributed by atoms with E-state index in [0.29, 0.717) is 16.5 Å². The number of amides is 1. The Balaban J connectivity index is 1.88. The summed E-state index contributed by atoms with van der Waals surface area (Å²) in [6.45, 7) is 6.47. The van der Waals surface area contributed by atoms with E-state index in [9.17, 15) is 4.79 Å². The van der Waals surface area contributed by atoms with Crippen LogP contribution in [0.1, 0.15) is 36.5 Å². The van der Waals surface area contributed by atoms with Crippen LogP contribution in [0.15, 0.2) is 42.6 Å². The van der Waals surface area contributed by atoms with Gasteiger partial charge in [0.1, 0.15) is 0 Å². The summed E-state index contributed by atoms with van der Waals surface area (Å²) in [6, 6.07) is 11.6. The molecule has 0 spiro atoms. The lowest BCUT2D eigenvalue weighted by Crippen LogP contribution is -2.05. The topological polar surface area (TPSA) is 41.1 Å². The lowest BCUT2D eigenvalue weighted by molar-refractivity contribution is -0.110. The van der Waals surface area contributed by atoms with Gasteiger partial charge in [-0.3, -0.25) is 4.79 Å². The van der Waals surface area contributed by atoms with E-state index in [0.717, 1.165) is 16.9 Å². The van der Waals surface area contributed by atoms with Crippen LogP contribution in [0.4, 0.5) is 11.4 Å². The first-order chi connectivity index (χ1) is 11.0. The number of carbonyl (C=O) groups excluding carboxylic acids is 1. The Morgan fingerprint density at radius 3 is 2.65 bits per heavy atom. The van der Waals surface area contributed by atoms with Crippen molar-refractivity contribution < 1.29 is 4.79 Å². The number of hydrogen-bond acceptors (Lipinski definition) is 2. The van der Waals surface area contributed by atoms with Crippen molar-refractivity contribution in [3.8, 4) is 0 Å². The van der Waals surface area contributed by atoms with Crippen molar-refractivity contribution in [3.05, 3.63) is 64.3 Å². The van der Waals surface area contributed by atoms with Crippen LogP contribution in [0.25, 0.3) is 5.57 Å². The van der Waals surface area contributed by atoms with E-state index in [-0.39, 0.29) is 5.91 Å². The van der Waals surface area contributed by atoms with Gasteiger partial charge >= 0.3 is 0 Å². The van der Waals surface area contributed by atoms with Crippen LogP contribution in [0.2, 0.25) is 5.02 Å². The summed E-state index contributed by atoms with van der Waals surface area (Å²) in [5.41, 5.74) is 5.74. The maximum atomic E-state index is 12.1. The van der Waals surface area contributed by atoms with Gasteiger partial charge in [0.25, 0.3) is 5.91 Å². The second kappa shape index (κ2) is 6.09. The van der Waals surface area contributed by atoms with Gasteiger partial charge in [-0.15, -0.1) is 0 Å². The van der Waals surface area contributed by atoms with Crippen LogP contribution in [0.5, 0.6) is 0 Å². The van der Waals surface area contributed by atoms with Gasteiger partial charge in [-0.25, -0.2) is 0 Å². The van der Waals surface area contributed by atoms with Gasteiger partial charge in [0, 0.05) is 28.2 Å². The predicted molar refractivity (Wildman–Crippen MR) is 96.9 cm³/mol. The number of benzene rings is 2. The molecule has 23 heavy (non-hydrogen) atoms. The third-order valence-electron chi connectivity index (χ3n) is 4.04. The molecule has 3 rings (SSSR count). The largest absolute Gasteiger partial charge is 0.361 e. The SMILES string of the molecule is Cc1cc(NC=C2C(=O)Nc3ccc(Cl)cc32)ccc1C(C)C. The molecular weight excluding hydrogens is 308 g/mol. The first-order valence-electron chi connectivity index (χ1n) is 7.64. The van der Waals surface area contributed by atoms with E-state index in [1.165, 1.54) is 11.1 Å². The molecule has 1 aliphatic heterocycles.